The van der Waals surface area contributed by atoms with Gasteiger partial charge in [0, 0.05) is 63.5 Å². The summed E-state index contributed by atoms with van der Waals surface area (Å²) in [5, 5.41) is 10.7. The summed E-state index contributed by atoms with van der Waals surface area (Å²) in [6.45, 7) is 6.21. The summed E-state index contributed by atoms with van der Waals surface area (Å²) in [6, 6.07) is 3.97. The fourth-order valence-electron chi connectivity index (χ4n) is 4.39. The van der Waals surface area contributed by atoms with Gasteiger partial charge in [0.05, 0.1) is 24.8 Å². The SMILES string of the molecule is CCOC=O.CNCC1CN(c2cc(F)c(N3CCN(C(=O)C(C)/C=C/n4cccnc4=N)CC3)c(F)c2)C(=O)O1.NC=O. The highest BCUT2D eigenvalue weighted by molar-refractivity contribution is 5.90. The summed E-state index contributed by atoms with van der Waals surface area (Å²) < 4.78 is 40.9. The molecule has 2 aromatic rings. The number of hydrogen-bond donors (Lipinski definition) is 3. The van der Waals surface area contributed by atoms with Crippen LogP contribution < -0.4 is 26.5 Å². The number of cyclic esters (lactones) is 1. The number of likely N-dealkylation sites (N-methyl/N-ethyl adjacent to an activating group) is 1. The third-order valence-corrected chi connectivity index (χ3v) is 6.46. The van der Waals surface area contributed by atoms with Gasteiger partial charge in [-0.15, -0.1) is 0 Å². The monoisotopic (exact) mass is 620 g/mol. The molecule has 3 amide bonds. The molecular formula is C28H38F2N8O6. The van der Waals surface area contributed by atoms with Crippen molar-refractivity contribution in [2.24, 2.45) is 11.7 Å². The number of ether oxygens (including phenoxy) is 2. The molecule has 0 radical (unpaired) electrons. The van der Waals surface area contributed by atoms with E-state index >= 15 is 8.78 Å². The summed E-state index contributed by atoms with van der Waals surface area (Å²) in [5.74, 6) is -2.10. The number of carbonyl (C=O) groups is 4. The van der Waals surface area contributed by atoms with Crippen LogP contribution in [-0.2, 0) is 23.9 Å². The number of carbonyl (C=O) groups excluding carboxylic acids is 4. The van der Waals surface area contributed by atoms with Gasteiger partial charge in [-0.05, 0) is 20.0 Å². The second-order valence-corrected chi connectivity index (χ2v) is 9.41. The Balaban J connectivity index is 0.000000754. The van der Waals surface area contributed by atoms with E-state index < -0.39 is 29.7 Å². The van der Waals surface area contributed by atoms with Gasteiger partial charge in [-0.2, -0.15) is 0 Å². The van der Waals surface area contributed by atoms with E-state index in [1.807, 2.05) is 0 Å². The van der Waals surface area contributed by atoms with Crippen molar-refractivity contribution < 1.29 is 37.4 Å². The smallest absolute Gasteiger partial charge is 0.414 e. The standard InChI is InChI=1S/C24H29F2N7O3.C3H6O2.CH3NO/c1-16(4-7-32-6-3-5-29-23(32)27)22(34)31-10-8-30(9-11-31)21-19(25)12-17(13-20(21)26)33-15-18(14-28-2)36-24(33)35;1-2-5-3-4;2-1-3/h3-7,12-13,16,18,27-28H,8-11,14-15H2,1-2H3;3H,2H2,1H3;1H,(H2,2,3)/b7-4+,27-23?;;. The second kappa shape index (κ2) is 17.9. The van der Waals surface area contributed by atoms with E-state index in [2.05, 4.69) is 20.8 Å². The van der Waals surface area contributed by atoms with Crippen molar-refractivity contribution in [2.75, 3.05) is 62.7 Å². The zero-order chi connectivity index (χ0) is 32.6. The lowest BCUT2D eigenvalue weighted by molar-refractivity contribution is -0.133. The van der Waals surface area contributed by atoms with Crippen LogP contribution in [-0.4, -0.2) is 98.4 Å². The van der Waals surface area contributed by atoms with Gasteiger partial charge in [-0.1, -0.05) is 13.0 Å². The number of nitrogens with zero attached hydrogens (tertiary/aromatic N) is 5. The lowest BCUT2D eigenvalue weighted by Gasteiger charge is -2.37. The molecule has 4 rings (SSSR count). The molecule has 1 aromatic heterocycles. The number of amides is 3. The minimum atomic E-state index is -0.773. The van der Waals surface area contributed by atoms with E-state index in [-0.39, 0.29) is 48.9 Å². The number of halogens is 2. The molecule has 16 heteroatoms. The number of nitrogens with one attached hydrogen (secondary N) is 2. The number of piperazine rings is 1. The first kappa shape index (κ1) is 35.3. The molecule has 14 nitrogen and oxygen atoms in total. The van der Waals surface area contributed by atoms with Crippen LogP contribution >= 0.6 is 0 Å². The fraction of sp³-hybridized carbons (Fsp3) is 0.429. The molecule has 2 fully saturated rings. The highest BCUT2D eigenvalue weighted by Crippen LogP contribution is 2.31. The Morgan fingerprint density at radius 1 is 1.25 bits per heavy atom. The summed E-state index contributed by atoms with van der Waals surface area (Å²) >= 11 is 0. The van der Waals surface area contributed by atoms with Crippen LogP contribution in [0, 0.1) is 23.0 Å². The zero-order valence-corrected chi connectivity index (χ0v) is 24.8. The highest BCUT2D eigenvalue weighted by atomic mass is 19.1. The Kier molecular flexibility index (Phi) is 14.4. The fourth-order valence-corrected chi connectivity index (χ4v) is 4.39. The molecule has 2 aliphatic heterocycles. The molecule has 1 aromatic carbocycles. The first-order chi connectivity index (χ1) is 21.1. The molecule has 0 bridgehead atoms. The van der Waals surface area contributed by atoms with Gasteiger partial charge in [0.2, 0.25) is 17.9 Å². The molecule has 0 saturated carbocycles. The van der Waals surface area contributed by atoms with Gasteiger partial charge in [-0.25, -0.2) is 18.6 Å². The maximum absolute atomic E-state index is 15.0. The van der Waals surface area contributed by atoms with Crippen molar-refractivity contribution in [2.45, 2.75) is 20.0 Å². The number of aromatic nitrogens is 2. The molecule has 2 unspecified atom stereocenters. The Hall–Kier alpha value is -4.86. The first-order valence-corrected chi connectivity index (χ1v) is 13.7. The Morgan fingerprint density at radius 3 is 2.41 bits per heavy atom. The normalized spacial score (nSPS) is 16.7. The molecule has 2 atom stereocenters. The van der Waals surface area contributed by atoms with E-state index in [4.69, 9.17) is 14.9 Å². The van der Waals surface area contributed by atoms with E-state index in [1.165, 1.54) is 15.7 Å². The quantitative estimate of drug-likeness (QED) is 0.344. The first-order valence-electron chi connectivity index (χ1n) is 13.7. The van der Waals surface area contributed by atoms with Gasteiger partial charge in [-0.3, -0.25) is 29.3 Å². The van der Waals surface area contributed by atoms with Crippen molar-refractivity contribution in [3.05, 3.63) is 53.9 Å². The number of hydrogen-bond acceptors (Lipinski definition) is 10. The third-order valence-electron chi connectivity index (χ3n) is 6.46. The number of rotatable bonds is 9. The van der Waals surface area contributed by atoms with Crippen LogP contribution in [0.1, 0.15) is 13.8 Å². The molecule has 44 heavy (non-hydrogen) atoms. The van der Waals surface area contributed by atoms with Gasteiger partial charge >= 0.3 is 6.09 Å². The molecule has 0 spiro atoms. The number of benzene rings is 1. The Morgan fingerprint density at radius 2 is 1.89 bits per heavy atom. The minimum Gasteiger partial charge on any atom is -0.468 e. The zero-order valence-electron chi connectivity index (χ0n) is 24.8. The highest BCUT2D eigenvalue weighted by Gasteiger charge is 2.34. The Bertz CT molecular complexity index is 1330. The van der Waals surface area contributed by atoms with Crippen LogP contribution in [0.4, 0.5) is 25.0 Å². The average Bonchev–Trinajstić information content (AvgIpc) is 3.37. The van der Waals surface area contributed by atoms with Crippen molar-refractivity contribution >= 4 is 42.5 Å². The molecular weight excluding hydrogens is 582 g/mol. The number of nitrogens with two attached hydrogens (primary N) is 1. The van der Waals surface area contributed by atoms with Gasteiger partial charge in [0.25, 0.3) is 6.47 Å². The average molecular weight is 621 g/mol. The molecule has 2 saturated heterocycles. The topological polar surface area (TPSA) is 176 Å². The molecule has 3 heterocycles. The predicted molar refractivity (Wildman–Crippen MR) is 157 cm³/mol. The Labute approximate surface area is 253 Å². The van der Waals surface area contributed by atoms with Crippen molar-refractivity contribution in [3.8, 4) is 0 Å². The molecule has 2 aliphatic rings. The van der Waals surface area contributed by atoms with Crippen LogP contribution in [0.25, 0.3) is 6.20 Å². The third kappa shape index (κ3) is 9.86. The lowest BCUT2D eigenvalue weighted by atomic mass is 10.1. The number of anilines is 2. The lowest BCUT2D eigenvalue weighted by Crippen LogP contribution is -2.50. The predicted octanol–water partition coefficient (Wildman–Crippen LogP) is 0.922. The summed E-state index contributed by atoms with van der Waals surface area (Å²) in [7, 11) is 1.73. The van der Waals surface area contributed by atoms with Crippen LogP contribution in [0.2, 0.25) is 0 Å². The largest absolute Gasteiger partial charge is 0.468 e. The minimum absolute atomic E-state index is 0.0523. The summed E-state index contributed by atoms with van der Waals surface area (Å²) in [4.78, 5) is 51.1. The van der Waals surface area contributed by atoms with Gasteiger partial charge in [0.15, 0.2) is 11.6 Å². The van der Waals surface area contributed by atoms with E-state index in [1.54, 1.807) is 55.2 Å². The van der Waals surface area contributed by atoms with Gasteiger partial charge in [0.1, 0.15) is 11.8 Å². The maximum atomic E-state index is 15.0. The van der Waals surface area contributed by atoms with Gasteiger partial charge < -0.3 is 30.3 Å². The van der Waals surface area contributed by atoms with Crippen molar-refractivity contribution in [1.29, 1.82) is 5.41 Å². The van der Waals surface area contributed by atoms with Crippen molar-refractivity contribution in [1.82, 2.24) is 19.8 Å². The maximum Gasteiger partial charge on any atom is 0.414 e. The van der Waals surface area contributed by atoms with Crippen LogP contribution in [0.3, 0.4) is 0 Å². The van der Waals surface area contributed by atoms with Crippen LogP contribution in [0.5, 0.6) is 0 Å². The summed E-state index contributed by atoms with van der Waals surface area (Å²) in [6.07, 6.45) is 5.71. The van der Waals surface area contributed by atoms with E-state index in [9.17, 15) is 14.4 Å². The molecule has 240 valence electrons. The molecule has 4 N–H and O–H groups in total. The second-order valence-electron chi connectivity index (χ2n) is 9.41. The summed E-state index contributed by atoms with van der Waals surface area (Å²) in [5.41, 5.74) is 4.15. The number of primary amides is 1. The van der Waals surface area contributed by atoms with E-state index in [0.717, 1.165) is 12.1 Å². The molecule has 0 aliphatic carbocycles. The van der Waals surface area contributed by atoms with E-state index in [0.29, 0.717) is 32.7 Å². The van der Waals surface area contributed by atoms with Crippen LogP contribution in [0.15, 0.2) is 36.7 Å². The van der Waals surface area contributed by atoms with Crippen molar-refractivity contribution in [3.63, 3.8) is 0 Å².